The predicted molar refractivity (Wildman–Crippen MR) is 95.8 cm³/mol. The van der Waals surface area contributed by atoms with Crippen LogP contribution in [0.4, 0.5) is 4.79 Å². The Kier molecular flexibility index (Phi) is 5.16. The van der Waals surface area contributed by atoms with Crippen LogP contribution in [0.3, 0.4) is 0 Å². The molecule has 3 N–H and O–H groups in total. The normalized spacial score (nSPS) is 21.9. The van der Waals surface area contributed by atoms with E-state index in [1.807, 2.05) is 31.2 Å². The maximum absolute atomic E-state index is 13.0. The Morgan fingerprint density at radius 3 is 2.78 bits per heavy atom. The van der Waals surface area contributed by atoms with Crippen molar-refractivity contribution in [1.29, 1.82) is 0 Å². The van der Waals surface area contributed by atoms with Gasteiger partial charge >= 0.3 is 12.0 Å². The highest BCUT2D eigenvalue weighted by Gasteiger charge is 2.55. The molecule has 1 aromatic carbocycles. The number of urea groups is 1. The number of hydrogen-bond acceptors (Lipinski definition) is 4. The van der Waals surface area contributed by atoms with Gasteiger partial charge in [-0.25, -0.2) is 9.59 Å². The third kappa shape index (κ3) is 3.39. The quantitative estimate of drug-likeness (QED) is 0.620. The first-order valence-corrected chi connectivity index (χ1v) is 9.13. The highest BCUT2D eigenvalue weighted by molar-refractivity contribution is 6.10. The zero-order valence-electron chi connectivity index (χ0n) is 15.2. The number of hydrogen-bond donors (Lipinski definition) is 3. The molecule has 1 aliphatic carbocycles. The molecule has 1 saturated heterocycles. The van der Waals surface area contributed by atoms with Crippen LogP contribution in [0.1, 0.15) is 43.7 Å². The highest BCUT2D eigenvalue weighted by Crippen LogP contribution is 2.41. The third-order valence-corrected chi connectivity index (χ3v) is 5.20. The van der Waals surface area contributed by atoms with Crippen molar-refractivity contribution in [3.8, 4) is 0 Å². The number of amides is 4. The van der Waals surface area contributed by atoms with Gasteiger partial charge in [-0.15, -0.1) is 0 Å². The molecule has 1 aromatic rings. The first-order valence-electron chi connectivity index (χ1n) is 9.13. The average Bonchev–Trinajstić information content (AvgIpc) is 3.12. The van der Waals surface area contributed by atoms with Crippen LogP contribution >= 0.6 is 0 Å². The highest BCUT2D eigenvalue weighted by atomic mass is 16.4. The van der Waals surface area contributed by atoms with Gasteiger partial charge < -0.3 is 15.7 Å². The number of carboxylic acid groups (broad SMARTS) is 1. The van der Waals surface area contributed by atoms with Crippen molar-refractivity contribution in [3.05, 3.63) is 35.4 Å². The van der Waals surface area contributed by atoms with Gasteiger partial charge in [0, 0.05) is 0 Å². The summed E-state index contributed by atoms with van der Waals surface area (Å²) in [6.07, 6.45) is 2.87. The second kappa shape index (κ2) is 7.38. The number of aryl methyl sites for hydroxylation is 1. The SMILES string of the molecule is CCCC[C@H](NC(=O)CN1C(=O)NC2(CCc3ccccc32)C1=O)C(=O)O. The van der Waals surface area contributed by atoms with E-state index in [4.69, 9.17) is 0 Å². The van der Waals surface area contributed by atoms with Crippen molar-refractivity contribution >= 4 is 23.8 Å². The molecule has 0 aromatic heterocycles. The molecular formula is C19H23N3O5. The van der Waals surface area contributed by atoms with E-state index < -0.39 is 41.9 Å². The number of nitrogens with zero attached hydrogens (tertiary/aromatic N) is 1. The number of aliphatic carboxylic acids is 1. The number of imide groups is 1. The average molecular weight is 373 g/mol. The first-order chi connectivity index (χ1) is 12.9. The molecule has 1 aliphatic heterocycles. The number of benzene rings is 1. The molecule has 8 nitrogen and oxygen atoms in total. The molecule has 8 heteroatoms. The fourth-order valence-corrected chi connectivity index (χ4v) is 3.78. The van der Waals surface area contributed by atoms with Gasteiger partial charge in [-0.3, -0.25) is 14.5 Å². The van der Waals surface area contributed by atoms with Crippen molar-refractivity contribution < 1.29 is 24.3 Å². The molecule has 144 valence electrons. The van der Waals surface area contributed by atoms with Crippen LogP contribution in [-0.2, 0) is 26.3 Å². The van der Waals surface area contributed by atoms with E-state index in [2.05, 4.69) is 10.6 Å². The fourth-order valence-electron chi connectivity index (χ4n) is 3.78. The van der Waals surface area contributed by atoms with Crippen LogP contribution in [0.5, 0.6) is 0 Å². The number of rotatable bonds is 7. The minimum absolute atomic E-state index is 0.301. The van der Waals surface area contributed by atoms with Crippen LogP contribution in [0.15, 0.2) is 24.3 Å². The molecule has 0 bridgehead atoms. The molecule has 1 heterocycles. The summed E-state index contributed by atoms with van der Waals surface area (Å²) in [5.74, 6) is -2.26. The summed E-state index contributed by atoms with van der Waals surface area (Å²) in [4.78, 5) is 49.8. The molecule has 2 aliphatic rings. The van der Waals surface area contributed by atoms with Gasteiger partial charge in [0.15, 0.2) is 0 Å². The van der Waals surface area contributed by atoms with Gasteiger partial charge in [0.25, 0.3) is 5.91 Å². The summed E-state index contributed by atoms with van der Waals surface area (Å²) in [7, 11) is 0. The molecule has 3 rings (SSSR count). The molecule has 0 saturated carbocycles. The van der Waals surface area contributed by atoms with Crippen molar-refractivity contribution in [2.45, 2.75) is 50.6 Å². The fraction of sp³-hybridized carbons (Fsp3) is 0.474. The lowest BCUT2D eigenvalue weighted by Crippen LogP contribution is -2.47. The largest absolute Gasteiger partial charge is 0.480 e. The molecule has 4 amide bonds. The van der Waals surface area contributed by atoms with Crippen LogP contribution in [0, 0.1) is 0 Å². The van der Waals surface area contributed by atoms with Crippen molar-refractivity contribution in [3.63, 3.8) is 0 Å². The van der Waals surface area contributed by atoms with E-state index in [9.17, 15) is 24.3 Å². The lowest BCUT2D eigenvalue weighted by Gasteiger charge is -2.22. The third-order valence-electron chi connectivity index (χ3n) is 5.20. The summed E-state index contributed by atoms with van der Waals surface area (Å²) in [6, 6.07) is 5.77. The molecule has 1 fully saturated rings. The maximum atomic E-state index is 13.0. The zero-order valence-corrected chi connectivity index (χ0v) is 15.2. The topological polar surface area (TPSA) is 116 Å². The summed E-state index contributed by atoms with van der Waals surface area (Å²) in [6.45, 7) is 1.43. The van der Waals surface area contributed by atoms with Crippen LogP contribution in [0.25, 0.3) is 0 Å². The molecule has 27 heavy (non-hydrogen) atoms. The number of carboxylic acids is 1. The maximum Gasteiger partial charge on any atom is 0.326 e. The summed E-state index contributed by atoms with van der Waals surface area (Å²) in [5, 5.41) is 14.4. The second-order valence-corrected chi connectivity index (χ2v) is 6.98. The Morgan fingerprint density at radius 2 is 2.07 bits per heavy atom. The van der Waals surface area contributed by atoms with Gasteiger partial charge in [-0.1, -0.05) is 44.0 Å². The lowest BCUT2D eigenvalue weighted by atomic mass is 9.92. The Hall–Kier alpha value is -2.90. The summed E-state index contributed by atoms with van der Waals surface area (Å²) in [5.41, 5.74) is 0.642. The zero-order chi connectivity index (χ0) is 19.6. The van der Waals surface area contributed by atoms with Crippen molar-refractivity contribution in [2.24, 2.45) is 0 Å². The van der Waals surface area contributed by atoms with Crippen LogP contribution in [0.2, 0.25) is 0 Å². The summed E-state index contributed by atoms with van der Waals surface area (Å²) < 4.78 is 0. The molecular weight excluding hydrogens is 350 g/mol. The molecule has 1 unspecified atom stereocenters. The van der Waals surface area contributed by atoms with Gasteiger partial charge in [-0.2, -0.15) is 0 Å². The Balaban J connectivity index is 1.71. The van der Waals surface area contributed by atoms with Gasteiger partial charge in [0.05, 0.1) is 0 Å². The van der Waals surface area contributed by atoms with Crippen molar-refractivity contribution in [1.82, 2.24) is 15.5 Å². The number of carbonyl (C=O) groups is 4. The van der Waals surface area contributed by atoms with E-state index in [-0.39, 0.29) is 0 Å². The Bertz CT molecular complexity index is 793. The second-order valence-electron chi connectivity index (χ2n) is 6.98. The number of nitrogens with one attached hydrogen (secondary N) is 2. The van der Waals surface area contributed by atoms with E-state index in [1.54, 1.807) is 0 Å². The van der Waals surface area contributed by atoms with E-state index in [1.165, 1.54) is 0 Å². The van der Waals surface area contributed by atoms with Gasteiger partial charge in [0.2, 0.25) is 5.91 Å². The summed E-state index contributed by atoms with van der Waals surface area (Å²) >= 11 is 0. The molecule has 2 atom stereocenters. The smallest absolute Gasteiger partial charge is 0.326 e. The van der Waals surface area contributed by atoms with Crippen molar-refractivity contribution in [2.75, 3.05) is 6.54 Å². The standard InChI is InChI=1S/C19H23N3O5/c1-2-3-8-14(16(24)25)20-15(23)11-22-17(26)19(21-18(22)27)10-9-12-6-4-5-7-13(12)19/h4-7,14H,2-3,8-11H2,1H3,(H,20,23)(H,21,27)(H,24,25)/t14-,19?/m0/s1. The minimum atomic E-state index is -1.13. The first kappa shape index (κ1) is 18.9. The van der Waals surface area contributed by atoms with E-state index >= 15 is 0 Å². The lowest BCUT2D eigenvalue weighted by molar-refractivity contribution is -0.142. The van der Waals surface area contributed by atoms with Crippen LogP contribution < -0.4 is 10.6 Å². The molecule has 0 radical (unpaired) electrons. The monoisotopic (exact) mass is 373 g/mol. The molecule has 1 spiro atoms. The van der Waals surface area contributed by atoms with E-state index in [0.29, 0.717) is 25.7 Å². The Labute approximate surface area is 156 Å². The van der Waals surface area contributed by atoms with Gasteiger partial charge in [-0.05, 0) is 30.4 Å². The van der Waals surface area contributed by atoms with Gasteiger partial charge in [0.1, 0.15) is 18.1 Å². The minimum Gasteiger partial charge on any atom is -0.480 e. The number of unbranched alkanes of at least 4 members (excludes halogenated alkanes) is 1. The Morgan fingerprint density at radius 1 is 1.33 bits per heavy atom. The number of carbonyl (C=O) groups excluding carboxylic acids is 3. The van der Waals surface area contributed by atoms with E-state index in [0.717, 1.165) is 22.4 Å². The van der Waals surface area contributed by atoms with Crippen LogP contribution in [-0.4, -0.2) is 46.4 Å². The predicted octanol–water partition coefficient (Wildman–Crippen LogP) is 1.14. The number of fused-ring (bicyclic) bond motifs is 2.